The van der Waals surface area contributed by atoms with Crippen LogP contribution in [0.5, 0.6) is 0 Å². The number of hydrogen-bond acceptors (Lipinski definition) is 6. The molecule has 0 saturated carbocycles. The van der Waals surface area contributed by atoms with E-state index in [1.54, 1.807) is 0 Å². The van der Waals surface area contributed by atoms with Crippen LogP contribution in [0.1, 0.15) is 232 Å². The first kappa shape index (κ1) is 61.5. The minimum Gasteiger partial charge on any atom is -0.457 e. The number of phosphoric ester groups is 1. The number of nitrogens with zero attached hydrogens (tertiary/aromatic N) is 1. The standard InChI is InChI=1S/C54H102NO7P/c1-6-8-10-12-14-16-18-20-22-24-25-26-27-28-29-30-31-32-33-35-37-39-41-43-45-47-54(56)62-53(52-61-63(57,58)60-50-48-55(3,4)5)51-59-49-46-44-42-40-38-36-34-23-21-19-17-15-13-11-9-7-2/h18,20-21,23-25,27-28,53H,6-17,19,22,26,29-52H2,1-5H3/p+1/b20-18-,23-21-,25-24-,28-27-. The summed E-state index contributed by atoms with van der Waals surface area (Å²) in [5.41, 5.74) is 0. The molecule has 0 fully saturated rings. The summed E-state index contributed by atoms with van der Waals surface area (Å²) in [6, 6.07) is 0. The molecule has 0 aromatic heterocycles. The van der Waals surface area contributed by atoms with E-state index in [4.69, 9.17) is 18.5 Å². The Hall–Kier alpha value is -1.54. The van der Waals surface area contributed by atoms with Crippen LogP contribution in [0.15, 0.2) is 48.6 Å². The van der Waals surface area contributed by atoms with Gasteiger partial charge in [-0.3, -0.25) is 13.8 Å². The zero-order chi connectivity index (χ0) is 46.2. The molecule has 2 atom stereocenters. The van der Waals surface area contributed by atoms with E-state index in [1.165, 1.54) is 167 Å². The van der Waals surface area contributed by atoms with E-state index >= 15 is 0 Å². The molecular formula is C54H103NO7P+. The third kappa shape index (κ3) is 51.3. The molecule has 0 spiro atoms. The fraction of sp³-hybridized carbons (Fsp3) is 0.833. The van der Waals surface area contributed by atoms with Crippen LogP contribution in [0.2, 0.25) is 0 Å². The second kappa shape index (κ2) is 47.0. The molecule has 0 rings (SSSR count). The summed E-state index contributed by atoms with van der Waals surface area (Å²) in [4.78, 5) is 23.0. The molecule has 0 aromatic rings. The SMILES string of the molecule is CCCCCCC/C=C\C/C=C\C/C=C\CCCCCCCCCCCCC(=O)OC(COCCCCCCCC/C=C\CCCCCCCC)COP(=O)(O)OCC[N+](C)(C)C. The maximum absolute atomic E-state index is 12.8. The van der Waals surface area contributed by atoms with E-state index in [-0.39, 0.29) is 25.8 Å². The fourth-order valence-corrected chi connectivity index (χ4v) is 8.00. The van der Waals surface area contributed by atoms with Crippen LogP contribution >= 0.6 is 7.82 Å². The van der Waals surface area contributed by atoms with E-state index in [0.29, 0.717) is 24.1 Å². The summed E-state index contributed by atoms with van der Waals surface area (Å²) in [7, 11) is 1.66. The first-order valence-corrected chi connectivity index (χ1v) is 27.9. The predicted octanol–water partition coefficient (Wildman–Crippen LogP) is 16.3. The number of allylic oxidation sites excluding steroid dienone is 8. The number of hydrogen-bond donors (Lipinski definition) is 1. The van der Waals surface area contributed by atoms with E-state index in [0.717, 1.165) is 44.9 Å². The van der Waals surface area contributed by atoms with Crippen LogP contribution in [0.25, 0.3) is 0 Å². The van der Waals surface area contributed by atoms with Gasteiger partial charge in [0, 0.05) is 13.0 Å². The minimum absolute atomic E-state index is 0.0859. The van der Waals surface area contributed by atoms with Gasteiger partial charge in [-0.25, -0.2) is 4.57 Å². The van der Waals surface area contributed by atoms with Gasteiger partial charge in [-0.1, -0.05) is 197 Å². The van der Waals surface area contributed by atoms with Gasteiger partial charge in [0.1, 0.15) is 19.3 Å². The predicted molar refractivity (Wildman–Crippen MR) is 270 cm³/mol. The molecule has 2 unspecified atom stereocenters. The number of rotatable bonds is 49. The molecule has 8 nitrogen and oxygen atoms in total. The van der Waals surface area contributed by atoms with Crippen LogP contribution in [0, 0.1) is 0 Å². The zero-order valence-corrected chi connectivity index (χ0v) is 43.0. The summed E-state index contributed by atoms with van der Waals surface area (Å²) < 4.78 is 35.1. The summed E-state index contributed by atoms with van der Waals surface area (Å²) in [6.07, 6.45) is 58.7. The maximum atomic E-state index is 12.8. The second-order valence-corrected chi connectivity index (χ2v) is 20.4. The highest BCUT2D eigenvalue weighted by molar-refractivity contribution is 7.47. The van der Waals surface area contributed by atoms with Crippen LogP contribution in [0.4, 0.5) is 0 Å². The fourth-order valence-electron chi connectivity index (χ4n) is 7.26. The van der Waals surface area contributed by atoms with Gasteiger partial charge in [0.15, 0.2) is 0 Å². The number of unbranched alkanes of at least 4 members (excludes halogenated alkanes) is 27. The highest BCUT2D eigenvalue weighted by Gasteiger charge is 2.26. The smallest absolute Gasteiger partial charge is 0.457 e. The molecule has 63 heavy (non-hydrogen) atoms. The number of quaternary nitrogens is 1. The van der Waals surface area contributed by atoms with Gasteiger partial charge in [-0.15, -0.1) is 0 Å². The van der Waals surface area contributed by atoms with Gasteiger partial charge in [0.2, 0.25) is 0 Å². The van der Waals surface area contributed by atoms with E-state index < -0.39 is 13.9 Å². The van der Waals surface area contributed by atoms with Crippen molar-refractivity contribution in [3.8, 4) is 0 Å². The lowest BCUT2D eigenvalue weighted by Crippen LogP contribution is -2.37. The number of likely N-dealkylation sites (N-methyl/N-ethyl adjacent to an activating group) is 1. The molecule has 0 aliphatic carbocycles. The minimum atomic E-state index is -4.28. The van der Waals surface area contributed by atoms with Crippen molar-refractivity contribution in [2.75, 3.05) is 54.1 Å². The van der Waals surface area contributed by atoms with E-state index in [1.807, 2.05) is 21.1 Å². The van der Waals surface area contributed by atoms with Crippen LogP contribution in [-0.2, 0) is 27.9 Å². The molecule has 0 radical (unpaired) electrons. The average Bonchev–Trinajstić information content (AvgIpc) is 3.24. The van der Waals surface area contributed by atoms with Crippen molar-refractivity contribution in [2.45, 2.75) is 238 Å². The van der Waals surface area contributed by atoms with Crippen molar-refractivity contribution < 1.29 is 37.3 Å². The summed E-state index contributed by atoms with van der Waals surface area (Å²) in [6.45, 7) is 5.61. The molecule has 0 saturated heterocycles. The quantitative estimate of drug-likeness (QED) is 0.0214. The average molecular weight is 909 g/mol. The Kier molecular flexibility index (Phi) is 45.8. The largest absolute Gasteiger partial charge is 0.472 e. The van der Waals surface area contributed by atoms with Gasteiger partial charge < -0.3 is 18.9 Å². The van der Waals surface area contributed by atoms with Crippen molar-refractivity contribution in [3.05, 3.63) is 48.6 Å². The lowest BCUT2D eigenvalue weighted by molar-refractivity contribution is -0.870. The highest BCUT2D eigenvalue weighted by atomic mass is 31.2. The Balaban J connectivity index is 4.12. The molecule has 370 valence electrons. The van der Waals surface area contributed by atoms with Crippen molar-refractivity contribution in [1.82, 2.24) is 0 Å². The van der Waals surface area contributed by atoms with Crippen molar-refractivity contribution >= 4 is 13.8 Å². The maximum Gasteiger partial charge on any atom is 0.472 e. The van der Waals surface area contributed by atoms with E-state index in [2.05, 4.69) is 62.5 Å². The summed E-state index contributed by atoms with van der Waals surface area (Å²) in [5, 5.41) is 0. The molecule has 0 amide bonds. The zero-order valence-electron chi connectivity index (χ0n) is 42.1. The number of carbonyl (C=O) groups excluding carboxylic acids is 1. The van der Waals surface area contributed by atoms with Gasteiger partial charge in [0.25, 0.3) is 0 Å². The Labute approximate surface area is 390 Å². The number of esters is 1. The first-order chi connectivity index (χ1) is 30.6. The van der Waals surface area contributed by atoms with Crippen LogP contribution in [-0.4, -0.2) is 75.6 Å². The molecular weight excluding hydrogens is 806 g/mol. The number of phosphoric acid groups is 1. The van der Waals surface area contributed by atoms with Crippen molar-refractivity contribution in [3.63, 3.8) is 0 Å². The normalized spacial score (nSPS) is 13.9. The molecule has 1 N–H and O–H groups in total. The summed E-state index contributed by atoms with van der Waals surface area (Å²) >= 11 is 0. The summed E-state index contributed by atoms with van der Waals surface area (Å²) in [5.74, 6) is -0.319. The van der Waals surface area contributed by atoms with Crippen molar-refractivity contribution in [2.24, 2.45) is 0 Å². The molecule has 0 heterocycles. The number of carbonyl (C=O) groups is 1. The lowest BCUT2D eigenvalue weighted by atomic mass is 10.0. The van der Waals surface area contributed by atoms with Crippen LogP contribution < -0.4 is 0 Å². The van der Waals surface area contributed by atoms with Gasteiger partial charge in [-0.2, -0.15) is 0 Å². The first-order valence-electron chi connectivity index (χ1n) is 26.4. The van der Waals surface area contributed by atoms with Gasteiger partial charge in [0.05, 0.1) is 34.4 Å². The monoisotopic (exact) mass is 909 g/mol. The highest BCUT2D eigenvalue weighted by Crippen LogP contribution is 2.43. The molecule has 0 bridgehead atoms. The Bertz CT molecular complexity index is 1150. The van der Waals surface area contributed by atoms with Crippen LogP contribution in [0.3, 0.4) is 0 Å². The Morgan fingerprint density at radius 2 is 0.873 bits per heavy atom. The van der Waals surface area contributed by atoms with Gasteiger partial charge >= 0.3 is 13.8 Å². The Morgan fingerprint density at radius 1 is 0.492 bits per heavy atom. The Morgan fingerprint density at radius 3 is 1.32 bits per heavy atom. The topological polar surface area (TPSA) is 91.3 Å². The van der Waals surface area contributed by atoms with Crippen molar-refractivity contribution in [1.29, 1.82) is 0 Å². The lowest BCUT2D eigenvalue weighted by Gasteiger charge is -2.24. The second-order valence-electron chi connectivity index (χ2n) is 18.9. The third-order valence-corrected chi connectivity index (χ3v) is 12.3. The number of ether oxygens (including phenoxy) is 2. The molecule has 0 aliphatic rings. The van der Waals surface area contributed by atoms with Gasteiger partial charge in [-0.05, 0) is 77.0 Å². The third-order valence-electron chi connectivity index (χ3n) is 11.4. The molecule has 9 heteroatoms. The van der Waals surface area contributed by atoms with E-state index in [9.17, 15) is 14.3 Å². The molecule has 0 aromatic carbocycles. The molecule has 0 aliphatic heterocycles.